The van der Waals surface area contributed by atoms with E-state index < -0.39 is 17.7 Å². The fourth-order valence-electron chi connectivity index (χ4n) is 11.0. The first-order valence-electron chi connectivity index (χ1n) is 22.9. The highest BCUT2D eigenvalue weighted by molar-refractivity contribution is 5.94. The average Bonchev–Trinajstić information content (AvgIpc) is 3.83. The fourth-order valence-corrected chi connectivity index (χ4v) is 11.0. The summed E-state index contributed by atoms with van der Waals surface area (Å²) in [5, 5.41) is 2.23. The maximum absolute atomic E-state index is 9.06. The lowest BCUT2D eigenvalue weighted by molar-refractivity contribution is 0.767. The van der Waals surface area contributed by atoms with E-state index in [2.05, 4.69) is 229 Å². The van der Waals surface area contributed by atoms with Crippen molar-refractivity contribution < 1.29 is 4.11 Å². The first-order chi connectivity index (χ1) is 31.9. The van der Waals surface area contributed by atoms with Gasteiger partial charge in [-0.3, -0.25) is 0 Å². The van der Waals surface area contributed by atoms with E-state index in [9.17, 15) is 0 Å². The molecule has 0 radical (unpaired) electrons. The lowest BCUT2D eigenvalue weighted by Crippen LogP contribution is -2.29. The van der Waals surface area contributed by atoms with Gasteiger partial charge in [0.15, 0.2) is 0 Å². The van der Waals surface area contributed by atoms with Crippen molar-refractivity contribution in [1.82, 2.24) is 0 Å². The van der Waals surface area contributed by atoms with Gasteiger partial charge in [0.2, 0.25) is 0 Å². The number of anilines is 3. The van der Waals surface area contributed by atoms with Crippen LogP contribution in [0.4, 0.5) is 17.1 Å². The highest BCUT2D eigenvalue weighted by Gasteiger charge is 2.48. The van der Waals surface area contributed by atoms with Crippen LogP contribution < -0.4 is 4.90 Å². The van der Waals surface area contributed by atoms with Gasteiger partial charge in [0.05, 0.1) is 10.8 Å². The van der Waals surface area contributed by atoms with Gasteiger partial charge in [-0.25, -0.2) is 0 Å². The Morgan fingerprint density at radius 1 is 0.306 bits per heavy atom. The van der Waals surface area contributed by atoms with Crippen molar-refractivity contribution in [1.29, 1.82) is 0 Å². The molecule has 0 unspecified atom stereocenters. The molecule has 12 rings (SSSR count). The molecule has 0 aliphatic heterocycles. The SMILES string of the molecule is [2H]C([2H])([2H])c1cc(N(c2ccc3c(c2)-c2ccccc2C3(c2ccccc2)c2ccccc2)c2ccc3ccccc3c2)cc(C2(c3ccccc3)c3ccccc3-c3ccccc32)c1. The smallest absolute Gasteiger partial charge is 0.0714 e. The number of benzene rings is 10. The quantitative estimate of drug-likeness (QED) is 0.155. The highest BCUT2D eigenvalue weighted by Crippen LogP contribution is 2.59. The summed E-state index contributed by atoms with van der Waals surface area (Å²) in [5.41, 5.74) is 15.3. The van der Waals surface area contributed by atoms with Crippen LogP contribution in [-0.4, -0.2) is 0 Å². The van der Waals surface area contributed by atoms with Crippen LogP contribution in [0.2, 0.25) is 0 Å². The number of fused-ring (bicyclic) bond motifs is 7. The van der Waals surface area contributed by atoms with Crippen LogP contribution in [-0.2, 0) is 10.8 Å². The molecule has 10 aromatic carbocycles. The van der Waals surface area contributed by atoms with Gasteiger partial charge < -0.3 is 4.90 Å². The summed E-state index contributed by atoms with van der Waals surface area (Å²) in [5.74, 6) is 0. The van der Waals surface area contributed by atoms with Crippen molar-refractivity contribution in [2.24, 2.45) is 0 Å². The summed E-state index contributed by atoms with van der Waals surface area (Å²) in [6, 6.07) is 86.2. The van der Waals surface area contributed by atoms with Crippen LogP contribution in [0.1, 0.15) is 54.2 Å². The minimum Gasteiger partial charge on any atom is -0.310 e. The molecular formula is C61H43N. The van der Waals surface area contributed by atoms with Crippen LogP contribution in [0.5, 0.6) is 0 Å². The Labute approximate surface area is 368 Å². The average molecular weight is 793 g/mol. The van der Waals surface area contributed by atoms with Gasteiger partial charge in [-0.15, -0.1) is 0 Å². The Hall–Kier alpha value is -7.74. The second-order valence-corrected chi connectivity index (χ2v) is 16.6. The predicted octanol–water partition coefficient (Wildman–Crippen LogP) is 15.3. The number of rotatable bonds is 7. The zero-order chi connectivity index (χ0) is 43.8. The molecular weight excluding hydrogens is 747 g/mol. The normalized spacial score (nSPS) is 14.7. The standard InChI is InChI=1S/C61H43N/c1-42-37-48(61(47-25-9-4-10-26-47)56-30-16-13-27-52(56)53-28-14-17-31-57(53)61)40-51(38-42)62(49-34-33-43-19-11-12-20-44(43)39-49)50-35-36-59-55(41-50)54-29-15-18-32-58(54)60(59,45-21-5-2-6-22-45)46-23-7-3-8-24-46/h2-41H,1H3/i1D3. The Bertz CT molecular complexity index is 3340. The highest BCUT2D eigenvalue weighted by atomic mass is 15.1. The third-order valence-corrected chi connectivity index (χ3v) is 13.5. The molecule has 10 aromatic rings. The van der Waals surface area contributed by atoms with Crippen LogP contribution in [0.15, 0.2) is 243 Å². The lowest BCUT2D eigenvalue weighted by atomic mass is 9.67. The van der Waals surface area contributed by atoms with Crippen molar-refractivity contribution in [3.63, 3.8) is 0 Å². The Morgan fingerprint density at radius 2 is 0.742 bits per heavy atom. The summed E-state index contributed by atoms with van der Waals surface area (Å²) >= 11 is 0. The molecule has 1 heteroatoms. The number of hydrogen-bond acceptors (Lipinski definition) is 1. The topological polar surface area (TPSA) is 3.24 Å². The largest absolute Gasteiger partial charge is 0.310 e. The van der Waals surface area contributed by atoms with Gasteiger partial charge in [0, 0.05) is 21.2 Å². The Morgan fingerprint density at radius 3 is 1.31 bits per heavy atom. The van der Waals surface area contributed by atoms with E-state index in [1.165, 1.54) is 27.8 Å². The Balaban J connectivity index is 1.16. The Kier molecular flexibility index (Phi) is 7.56. The van der Waals surface area contributed by atoms with Crippen LogP contribution in [0, 0.1) is 6.85 Å². The van der Waals surface area contributed by atoms with Crippen molar-refractivity contribution in [3.05, 3.63) is 293 Å². The lowest BCUT2D eigenvalue weighted by Gasteiger charge is -2.36. The number of aryl methyl sites for hydroxylation is 1. The van der Waals surface area contributed by atoms with E-state index in [0.29, 0.717) is 0 Å². The monoisotopic (exact) mass is 792 g/mol. The molecule has 0 amide bonds. The third-order valence-electron chi connectivity index (χ3n) is 13.5. The van der Waals surface area contributed by atoms with Gasteiger partial charge in [0.25, 0.3) is 0 Å². The van der Waals surface area contributed by atoms with Crippen molar-refractivity contribution in [2.75, 3.05) is 4.90 Å². The molecule has 0 bridgehead atoms. The van der Waals surface area contributed by atoms with Crippen LogP contribution in [0.25, 0.3) is 33.0 Å². The van der Waals surface area contributed by atoms with Crippen molar-refractivity contribution in [3.8, 4) is 22.3 Å². The van der Waals surface area contributed by atoms with Gasteiger partial charge >= 0.3 is 0 Å². The van der Waals surface area contributed by atoms with Gasteiger partial charge in [0.1, 0.15) is 0 Å². The number of hydrogen-bond donors (Lipinski definition) is 0. The van der Waals surface area contributed by atoms with E-state index >= 15 is 0 Å². The fraction of sp³-hybridized carbons (Fsp3) is 0.0492. The maximum atomic E-state index is 9.06. The number of nitrogens with zero attached hydrogens (tertiary/aromatic N) is 1. The zero-order valence-electron chi connectivity index (χ0n) is 37.0. The van der Waals surface area contributed by atoms with Crippen LogP contribution >= 0.6 is 0 Å². The summed E-state index contributed by atoms with van der Waals surface area (Å²) < 4.78 is 27.2. The molecule has 0 aromatic heterocycles. The van der Waals surface area contributed by atoms with E-state index in [4.69, 9.17) is 4.11 Å². The van der Waals surface area contributed by atoms with Gasteiger partial charge in [-0.05, 0) is 126 Å². The van der Waals surface area contributed by atoms with Crippen molar-refractivity contribution in [2.45, 2.75) is 17.7 Å². The van der Waals surface area contributed by atoms with Gasteiger partial charge in [-0.2, -0.15) is 0 Å². The summed E-state index contributed by atoms with van der Waals surface area (Å²) in [7, 11) is 0. The molecule has 0 heterocycles. The molecule has 62 heavy (non-hydrogen) atoms. The minimum absolute atomic E-state index is 0.284. The van der Waals surface area contributed by atoms with Crippen molar-refractivity contribution >= 4 is 27.8 Å². The zero-order valence-corrected chi connectivity index (χ0v) is 34.0. The van der Waals surface area contributed by atoms with Crippen LogP contribution in [0.3, 0.4) is 0 Å². The van der Waals surface area contributed by atoms with E-state index in [1.807, 2.05) is 18.2 Å². The third kappa shape index (κ3) is 5.22. The molecule has 292 valence electrons. The second kappa shape index (κ2) is 14.2. The first kappa shape index (κ1) is 33.0. The molecule has 0 saturated carbocycles. The van der Waals surface area contributed by atoms with E-state index in [1.54, 1.807) is 0 Å². The molecule has 1 nitrogen and oxygen atoms in total. The summed E-state index contributed by atoms with van der Waals surface area (Å²) in [6.07, 6.45) is 0. The molecule has 0 atom stereocenters. The summed E-state index contributed by atoms with van der Waals surface area (Å²) in [6.45, 7) is -2.41. The maximum Gasteiger partial charge on any atom is 0.0714 e. The molecule has 0 fully saturated rings. The predicted molar refractivity (Wildman–Crippen MR) is 258 cm³/mol. The van der Waals surface area contributed by atoms with E-state index in [0.717, 1.165) is 66.8 Å². The minimum atomic E-state index is -2.41. The molecule has 2 aliphatic carbocycles. The molecule has 2 aliphatic rings. The van der Waals surface area contributed by atoms with E-state index in [-0.39, 0.29) is 5.56 Å². The first-order valence-corrected chi connectivity index (χ1v) is 21.4. The summed E-state index contributed by atoms with van der Waals surface area (Å²) in [4.78, 5) is 2.27. The molecule has 0 saturated heterocycles. The van der Waals surface area contributed by atoms with Gasteiger partial charge in [-0.1, -0.05) is 206 Å². The molecule has 0 spiro atoms. The second-order valence-electron chi connectivity index (χ2n) is 16.6. The molecule has 0 N–H and O–H groups in total.